The second-order valence-electron chi connectivity index (χ2n) is 3.96. The molecule has 2 heterocycles. The molecule has 1 aliphatic rings. The van der Waals surface area contributed by atoms with Crippen molar-refractivity contribution in [3.63, 3.8) is 0 Å². The van der Waals surface area contributed by atoms with E-state index >= 15 is 0 Å². The SMILES string of the molecule is O=C(O)Cn1cc(CN2CCC(=O)NC2=O)cn1. The maximum absolute atomic E-state index is 11.5. The fourth-order valence-electron chi connectivity index (χ4n) is 1.68. The zero-order chi connectivity index (χ0) is 13.1. The number of carbonyl (C=O) groups excluding carboxylic acids is 2. The summed E-state index contributed by atoms with van der Waals surface area (Å²) in [5.74, 6) is -1.26. The molecule has 1 saturated heterocycles. The third-order valence-corrected chi connectivity index (χ3v) is 2.50. The highest BCUT2D eigenvalue weighted by Gasteiger charge is 2.23. The maximum Gasteiger partial charge on any atom is 0.325 e. The first-order chi connectivity index (χ1) is 8.54. The lowest BCUT2D eigenvalue weighted by atomic mass is 10.2. The van der Waals surface area contributed by atoms with Crippen molar-refractivity contribution < 1.29 is 19.5 Å². The van der Waals surface area contributed by atoms with Crippen LogP contribution in [-0.2, 0) is 22.7 Å². The molecule has 1 aromatic heterocycles. The highest BCUT2D eigenvalue weighted by Crippen LogP contribution is 2.08. The molecule has 0 aromatic carbocycles. The van der Waals surface area contributed by atoms with E-state index in [1.54, 1.807) is 6.20 Å². The minimum Gasteiger partial charge on any atom is -0.480 e. The summed E-state index contributed by atoms with van der Waals surface area (Å²) in [4.78, 5) is 34.4. The molecule has 96 valence electrons. The van der Waals surface area contributed by atoms with Crippen LogP contribution in [0, 0.1) is 0 Å². The van der Waals surface area contributed by atoms with Crippen molar-refractivity contribution in [3.8, 4) is 0 Å². The minimum atomic E-state index is -0.981. The Morgan fingerprint density at radius 2 is 2.28 bits per heavy atom. The number of aliphatic carboxylic acids is 1. The van der Waals surface area contributed by atoms with Crippen molar-refractivity contribution in [2.24, 2.45) is 0 Å². The fraction of sp³-hybridized carbons (Fsp3) is 0.400. The minimum absolute atomic E-state index is 0.218. The molecular weight excluding hydrogens is 240 g/mol. The molecule has 0 atom stereocenters. The van der Waals surface area contributed by atoms with E-state index in [1.807, 2.05) is 0 Å². The van der Waals surface area contributed by atoms with Crippen molar-refractivity contribution >= 4 is 17.9 Å². The van der Waals surface area contributed by atoms with Crippen molar-refractivity contribution in [1.82, 2.24) is 20.0 Å². The van der Waals surface area contributed by atoms with E-state index in [-0.39, 0.29) is 18.9 Å². The van der Waals surface area contributed by atoms with Crippen LogP contribution in [0.1, 0.15) is 12.0 Å². The van der Waals surface area contributed by atoms with Gasteiger partial charge in [0, 0.05) is 24.7 Å². The highest BCUT2D eigenvalue weighted by atomic mass is 16.4. The predicted octanol–water partition coefficient (Wildman–Crippen LogP) is -0.590. The molecule has 3 amide bonds. The Labute approximate surface area is 102 Å². The summed E-state index contributed by atoms with van der Waals surface area (Å²) in [6.45, 7) is 0.443. The van der Waals surface area contributed by atoms with E-state index < -0.39 is 12.0 Å². The summed E-state index contributed by atoms with van der Waals surface area (Å²) in [7, 11) is 0. The van der Waals surface area contributed by atoms with Gasteiger partial charge in [-0.25, -0.2) is 4.79 Å². The second-order valence-corrected chi connectivity index (χ2v) is 3.96. The van der Waals surface area contributed by atoms with Gasteiger partial charge in [0.2, 0.25) is 5.91 Å². The molecule has 0 unspecified atom stereocenters. The lowest BCUT2D eigenvalue weighted by Gasteiger charge is -2.25. The van der Waals surface area contributed by atoms with Crippen LogP contribution in [0.25, 0.3) is 0 Å². The fourth-order valence-corrected chi connectivity index (χ4v) is 1.68. The molecule has 0 bridgehead atoms. The molecule has 0 aliphatic carbocycles. The third kappa shape index (κ3) is 2.84. The first kappa shape index (κ1) is 12.1. The Morgan fingerprint density at radius 3 is 2.94 bits per heavy atom. The standard InChI is InChI=1S/C10H12N4O4/c15-8-1-2-13(10(18)12-8)4-7-3-11-14(5-7)6-9(16)17/h3,5H,1-2,4,6H2,(H,16,17)(H,12,15,18). The van der Waals surface area contributed by atoms with Crippen LogP contribution in [0.15, 0.2) is 12.4 Å². The van der Waals surface area contributed by atoms with Gasteiger partial charge in [0.15, 0.2) is 0 Å². The predicted molar refractivity (Wildman–Crippen MR) is 58.4 cm³/mol. The lowest BCUT2D eigenvalue weighted by Crippen LogP contribution is -2.48. The lowest BCUT2D eigenvalue weighted by molar-refractivity contribution is -0.137. The van der Waals surface area contributed by atoms with Crippen molar-refractivity contribution in [3.05, 3.63) is 18.0 Å². The zero-order valence-electron chi connectivity index (χ0n) is 9.50. The molecule has 0 spiro atoms. The Hall–Kier alpha value is -2.38. The van der Waals surface area contributed by atoms with Crippen LogP contribution < -0.4 is 5.32 Å². The number of nitrogens with zero attached hydrogens (tertiary/aromatic N) is 3. The van der Waals surface area contributed by atoms with Crippen LogP contribution >= 0.6 is 0 Å². The van der Waals surface area contributed by atoms with Gasteiger partial charge in [-0.2, -0.15) is 5.10 Å². The van der Waals surface area contributed by atoms with Crippen molar-refractivity contribution in [1.29, 1.82) is 0 Å². The average molecular weight is 252 g/mol. The summed E-state index contributed by atoms with van der Waals surface area (Å²) < 4.78 is 1.28. The van der Waals surface area contributed by atoms with Gasteiger partial charge >= 0.3 is 12.0 Å². The van der Waals surface area contributed by atoms with Crippen LogP contribution in [0.5, 0.6) is 0 Å². The number of rotatable bonds is 4. The second kappa shape index (κ2) is 4.86. The highest BCUT2D eigenvalue weighted by molar-refractivity contribution is 5.96. The van der Waals surface area contributed by atoms with Crippen LogP contribution in [0.3, 0.4) is 0 Å². The van der Waals surface area contributed by atoms with Crippen molar-refractivity contribution in [2.75, 3.05) is 6.54 Å². The molecule has 1 aromatic rings. The third-order valence-electron chi connectivity index (χ3n) is 2.50. The summed E-state index contributed by atoms with van der Waals surface area (Å²) in [5, 5.41) is 14.7. The number of hydrogen-bond acceptors (Lipinski definition) is 4. The normalized spacial score (nSPS) is 15.7. The molecule has 8 heteroatoms. The Bertz CT molecular complexity index is 496. The molecule has 8 nitrogen and oxygen atoms in total. The van der Waals surface area contributed by atoms with E-state index in [1.165, 1.54) is 15.8 Å². The molecule has 0 radical (unpaired) electrons. The Balaban J connectivity index is 1.97. The van der Waals surface area contributed by atoms with Crippen LogP contribution in [0.2, 0.25) is 0 Å². The number of hydrogen-bond donors (Lipinski definition) is 2. The first-order valence-electron chi connectivity index (χ1n) is 5.36. The van der Waals surface area contributed by atoms with Gasteiger partial charge in [-0.15, -0.1) is 0 Å². The Kier molecular flexibility index (Phi) is 3.26. The number of nitrogens with one attached hydrogen (secondary N) is 1. The van der Waals surface area contributed by atoms with Gasteiger partial charge in [-0.1, -0.05) is 0 Å². The molecule has 18 heavy (non-hydrogen) atoms. The summed E-state index contributed by atoms with van der Waals surface area (Å²) in [6, 6.07) is -0.433. The summed E-state index contributed by atoms with van der Waals surface area (Å²) in [5.41, 5.74) is 0.723. The van der Waals surface area contributed by atoms with E-state index in [0.29, 0.717) is 13.1 Å². The zero-order valence-corrected chi connectivity index (χ0v) is 9.50. The molecular formula is C10H12N4O4. The first-order valence-corrected chi connectivity index (χ1v) is 5.36. The molecule has 1 aliphatic heterocycles. The monoisotopic (exact) mass is 252 g/mol. The van der Waals surface area contributed by atoms with Gasteiger partial charge < -0.3 is 10.0 Å². The topological polar surface area (TPSA) is 105 Å². The largest absolute Gasteiger partial charge is 0.480 e. The number of imide groups is 1. The summed E-state index contributed by atoms with van der Waals surface area (Å²) >= 11 is 0. The smallest absolute Gasteiger partial charge is 0.325 e. The number of amides is 3. The van der Waals surface area contributed by atoms with E-state index in [4.69, 9.17) is 5.11 Å². The van der Waals surface area contributed by atoms with E-state index in [0.717, 1.165) is 5.56 Å². The average Bonchev–Trinajstić information content (AvgIpc) is 2.69. The van der Waals surface area contributed by atoms with Gasteiger partial charge in [0.05, 0.1) is 12.7 Å². The molecule has 1 fully saturated rings. The van der Waals surface area contributed by atoms with E-state index in [2.05, 4.69) is 10.4 Å². The number of carboxylic acid groups (broad SMARTS) is 1. The molecule has 2 N–H and O–H groups in total. The van der Waals surface area contributed by atoms with Gasteiger partial charge in [0.1, 0.15) is 6.54 Å². The maximum atomic E-state index is 11.5. The molecule has 0 saturated carbocycles. The summed E-state index contributed by atoms with van der Waals surface area (Å²) in [6.07, 6.45) is 3.35. The van der Waals surface area contributed by atoms with Crippen molar-refractivity contribution in [2.45, 2.75) is 19.5 Å². The van der Waals surface area contributed by atoms with Gasteiger partial charge in [-0.3, -0.25) is 19.6 Å². The number of aromatic nitrogens is 2. The van der Waals surface area contributed by atoms with Gasteiger partial charge in [-0.05, 0) is 0 Å². The molecule has 2 rings (SSSR count). The number of carbonyl (C=O) groups is 3. The van der Waals surface area contributed by atoms with E-state index in [9.17, 15) is 14.4 Å². The van der Waals surface area contributed by atoms with Gasteiger partial charge in [0.25, 0.3) is 0 Å². The number of urea groups is 1. The quantitative estimate of drug-likeness (QED) is 0.745. The van der Waals surface area contributed by atoms with Crippen LogP contribution in [0.4, 0.5) is 4.79 Å². The van der Waals surface area contributed by atoms with Crippen LogP contribution in [-0.4, -0.2) is 44.2 Å². The number of carboxylic acids is 1. The Morgan fingerprint density at radius 1 is 1.50 bits per heavy atom.